The summed E-state index contributed by atoms with van der Waals surface area (Å²) in [5.41, 5.74) is 1.30. The molecule has 1 aromatic carbocycles. The van der Waals surface area contributed by atoms with Crippen LogP contribution in [0.5, 0.6) is 0 Å². The van der Waals surface area contributed by atoms with Crippen molar-refractivity contribution < 1.29 is 14.3 Å². The van der Waals surface area contributed by atoms with Crippen LogP contribution in [0.25, 0.3) is 0 Å². The molecule has 0 radical (unpaired) electrons. The lowest BCUT2D eigenvalue weighted by Gasteiger charge is -2.23. The number of ether oxygens (including phenoxy) is 1. The standard InChI is InChI=1S/C16H23NO3S/c1-11(14(18)17-16(2,3)4)21-10-12-7-6-8-13(9-12)15(19)20-5/h6-9,11H,10H2,1-5H3,(H,17,18)/t11-/m0/s1. The van der Waals surface area contributed by atoms with E-state index < -0.39 is 0 Å². The number of thioether (sulfide) groups is 1. The van der Waals surface area contributed by atoms with Gasteiger partial charge in [0.05, 0.1) is 17.9 Å². The molecule has 1 aromatic rings. The van der Waals surface area contributed by atoms with E-state index in [0.29, 0.717) is 11.3 Å². The largest absolute Gasteiger partial charge is 0.465 e. The van der Waals surface area contributed by atoms with Crippen molar-refractivity contribution in [3.05, 3.63) is 35.4 Å². The molecule has 0 heterocycles. The Bertz CT molecular complexity index is 508. The number of hydrogen-bond acceptors (Lipinski definition) is 4. The van der Waals surface area contributed by atoms with E-state index in [1.807, 2.05) is 39.8 Å². The Morgan fingerprint density at radius 2 is 2.00 bits per heavy atom. The highest BCUT2D eigenvalue weighted by Gasteiger charge is 2.19. The summed E-state index contributed by atoms with van der Waals surface area (Å²) in [6, 6.07) is 7.28. The topological polar surface area (TPSA) is 55.4 Å². The highest BCUT2D eigenvalue weighted by Crippen LogP contribution is 2.19. The van der Waals surface area contributed by atoms with Crippen LogP contribution >= 0.6 is 11.8 Å². The SMILES string of the molecule is COC(=O)c1cccc(CS[C@@H](C)C(=O)NC(C)(C)C)c1. The van der Waals surface area contributed by atoms with Gasteiger partial charge >= 0.3 is 5.97 Å². The van der Waals surface area contributed by atoms with Crippen LogP contribution in [-0.2, 0) is 15.3 Å². The zero-order valence-electron chi connectivity index (χ0n) is 13.2. The Labute approximate surface area is 130 Å². The number of methoxy groups -OCH3 is 1. The summed E-state index contributed by atoms with van der Waals surface area (Å²) < 4.78 is 4.70. The second kappa shape index (κ2) is 7.50. The third-order valence-electron chi connectivity index (χ3n) is 2.72. The summed E-state index contributed by atoms with van der Waals surface area (Å²) in [7, 11) is 1.36. The van der Waals surface area contributed by atoms with Gasteiger partial charge in [0.2, 0.25) is 5.91 Å². The molecule has 0 fully saturated rings. The molecular formula is C16H23NO3S. The third kappa shape index (κ3) is 6.21. The number of esters is 1. The first-order valence-electron chi connectivity index (χ1n) is 6.84. The van der Waals surface area contributed by atoms with Crippen LogP contribution in [0.15, 0.2) is 24.3 Å². The maximum atomic E-state index is 12.0. The van der Waals surface area contributed by atoms with Gasteiger partial charge in [0, 0.05) is 11.3 Å². The van der Waals surface area contributed by atoms with Crippen LogP contribution in [-0.4, -0.2) is 29.8 Å². The molecule has 1 amide bonds. The van der Waals surface area contributed by atoms with Crippen LogP contribution < -0.4 is 5.32 Å². The van der Waals surface area contributed by atoms with Gasteiger partial charge in [-0.15, -0.1) is 11.8 Å². The normalized spacial score (nSPS) is 12.6. The molecule has 0 aromatic heterocycles. The molecule has 0 spiro atoms. The number of rotatable bonds is 5. The average Bonchev–Trinajstić information content (AvgIpc) is 2.42. The lowest BCUT2D eigenvalue weighted by atomic mass is 10.1. The van der Waals surface area contributed by atoms with Crippen LogP contribution in [0, 0.1) is 0 Å². The summed E-state index contributed by atoms with van der Waals surface area (Å²) >= 11 is 1.54. The van der Waals surface area contributed by atoms with E-state index in [0.717, 1.165) is 5.56 Å². The van der Waals surface area contributed by atoms with E-state index >= 15 is 0 Å². The molecule has 0 aliphatic heterocycles. The number of carbonyl (C=O) groups excluding carboxylic acids is 2. The van der Waals surface area contributed by atoms with E-state index in [4.69, 9.17) is 4.74 Å². The van der Waals surface area contributed by atoms with Crippen molar-refractivity contribution >= 4 is 23.6 Å². The van der Waals surface area contributed by atoms with Gasteiger partial charge in [0.1, 0.15) is 0 Å². The second-order valence-electron chi connectivity index (χ2n) is 5.88. The molecule has 5 heteroatoms. The zero-order chi connectivity index (χ0) is 16.0. The minimum absolute atomic E-state index is 0.0247. The molecule has 21 heavy (non-hydrogen) atoms. The van der Waals surface area contributed by atoms with Crippen LogP contribution in [0.4, 0.5) is 0 Å². The smallest absolute Gasteiger partial charge is 0.337 e. The first-order valence-corrected chi connectivity index (χ1v) is 7.88. The molecule has 1 rings (SSSR count). The maximum Gasteiger partial charge on any atom is 0.337 e. The molecule has 116 valence electrons. The Balaban J connectivity index is 2.59. The lowest BCUT2D eigenvalue weighted by Crippen LogP contribution is -2.44. The summed E-state index contributed by atoms with van der Waals surface area (Å²) in [4.78, 5) is 23.5. The number of hydrogen-bond donors (Lipinski definition) is 1. The zero-order valence-corrected chi connectivity index (χ0v) is 14.0. The van der Waals surface area contributed by atoms with E-state index in [1.54, 1.807) is 23.9 Å². The van der Waals surface area contributed by atoms with E-state index in [-0.39, 0.29) is 22.7 Å². The first-order chi connectivity index (χ1) is 9.73. The van der Waals surface area contributed by atoms with Gasteiger partial charge < -0.3 is 10.1 Å². The van der Waals surface area contributed by atoms with E-state index in [2.05, 4.69) is 5.32 Å². The van der Waals surface area contributed by atoms with E-state index in [9.17, 15) is 9.59 Å². The van der Waals surface area contributed by atoms with Gasteiger partial charge in [-0.1, -0.05) is 12.1 Å². The molecule has 1 N–H and O–H groups in total. The van der Waals surface area contributed by atoms with Crippen molar-refractivity contribution in [3.63, 3.8) is 0 Å². The predicted molar refractivity (Wildman–Crippen MR) is 86.4 cm³/mol. The van der Waals surface area contributed by atoms with Gasteiger partial charge in [0.15, 0.2) is 0 Å². The molecule has 0 bridgehead atoms. The highest BCUT2D eigenvalue weighted by atomic mass is 32.2. The molecule has 0 aliphatic rings. The maximum absolute atomic E-state index is 12.0. The van der Waals surface area contributed by atoms with Gasteiger partial charge in [-0.2, -0.15) is 0 Å². The molecule has 0 unspecified atom stereocenters. The monoisotopic (exact) mass is 309 g/mol. The third-order valence-corrected chi connectivity index (χ3v) is 3.93. The molecule has 1 atom stereocenters. The van der Waals surface area contributed by atoms with Gasteiger partial charge in [-0.25, -0.2) is 4.79 Å². The molecular weight excluding hydrogens is 286 g/mol. The van der Waals surface area contributed by atoms with Crippen molar-refractivity contribution in [3.8, 4) is 0 Å². The summed E-state index contributed by atoms with van der Waals surface area (Å²) in [6.45, 7) is 7.77. The fourth-order valence-electron chi connectivity index (χ4n) is 1.67. The molecule has 0 aliphatic carbocycles. The van der Waals surface area contributed by atoms with Crippen LogP contribution in [0.1, 0.15) is 43.6 Å². The van der Waals surface area contributed by atoms with Crippen molar-refractivity contribution in [1.29, 1.82) is 0 Å². The van der Waals surface area contributed by atoms with Crippen molar-refractivity contribution in [1.82, 2.24) is 5.32 Å². The molecule has 0 saturated heterocycles. The Hall–Kier alpha value is -1.49. The van der Waals surface area contributed by atoms with Crippen molar-refractivity contribution in [2.24, 2.45) is 0 Å². The van der Waals surface area contributed by atoms with Gasteiger partial charge in [0.25, 0.3) is 0 Å². The van der Waals surface area contributed by atoms with Gasteiger partial charge in [-0.05, 0) is 45.4 Å². The Kier molecular flexibility index (Phi) is 6.27. The van der Waals surface area contributed by atoms with Crippen molar-refractivity contribution in [2.45, 2.75) is 44.2 Å². The minimum Gasteiger partial charge on any atom is -0.465 e. The molecule has 0 saturated carbocycles. The number of amides is 1. The Morgan fingerprint density at radius 3 is 2.57 bits per heavy atom. The first kappa shape index (κ1) is 17.6. The minimum atomic E-state index is -0.347. The van der Waals surface area contributed by atoms with Crippen LogP contribution in [0.3, 0.4) is 0 Å². The van der Waals surface area contributed by atoms with Crippen molar-refractivity contribution in [2.75, 3.05) is 7.11 Å². The quantitative estimate of drug-likeness (QED) is 0.850. The second-order valence-corrected chi connectivity index (χ2v) is 7.21. The fraction of sp³-hybridized carbons (Fsp3) is 0.500. The summed E-state index contributed by atoms with van der Waals surface area (Å²) in [6.07, 6.45) is 0. The average molecular weight is 309 g/mol. The Morgan fingerprint density at radius 1 is 1.33 bits per heavy atom. The molecule has 4 nitrogen and oxygen atoms in total. The number of benzene rings is 1. The van der Waals surface area contributed by atoms with Crippen LogP contribution in [0.2, 0.25) is 0 Å². The lowest BCUT2D eigenvalue weighted by molar-refractivity contribution is -0.121. The fourth-order valence-corrected chi connectivity index (χ4v) is 2.51. The number of nitrogens with one attached hydrogen (secondary N) is 1. The highest BCUT2D eigenvalue weighted by molar-refractivity contribution is 7.99. The van der Waals surface area contributed by atoms with E-state index in [1.165, 1.54) is 7.11 Å². The predicted octanol–water partition coefficient (Wildman–Crippen LogP) is 3.01. The summed E-state index contributed by atoms with van der Waals surface area (Å²) in [5, 5.41) is 2.81. The number of carbonyl (C=O) groups is 2. The summed E-state index contributed by atoms with van der Waals surface area (Å²) in [5.74, 6) is 0.348. The van der Waals surface area contributed by atoms with Gasteiger partial charge in [-0.3, -0.25) is 4.79 Å².